The van der Waals surface area contributed by atoms with E-state index in [9.17, 15) is 5.11 Å². The monoisotopic (exact) mass is 266 g/mol. The molecule has 1 atom stereocenters. The fourth-order valence-electron chi connectivity index (χ4n) is 1.51. The normalized spacial score (nSPS) is 14.6. The highest BCUT2D eigenvalue weighted by atomic mass is 28.4. The zero-order valence-electron chi connectivity index (χ0n) is 12.2. The molecule has 102 valence electrons. The fourth-order valence-corrected chi connectivity index (χ4v) is 2.66. The summed E-state index contributed by atoms with van der Waals surface area (Å²) in [6.07, 6.45) is 0.874. The first kappa shape index (κ1) is 15.4. The van der Waals surface area contributed by atoms with E-state index in [2.05, 4.69) is 46.0 Å². The summed E-state index contributed by atoms with van der Waals surface area (Å²) < 4.78 is 5.92. The second-order valence-electron chi connectivity index (χ2n) is 6.36. The van der Waals surface area contributed by atoms with Crippen molar-refractivity contribution in [3.8, 4) is 0 Å². The van der Waals surface area contributed by atoms with Crippen molar-refractivity contribution in [2.45, 2.75) is 58.0 Å². The van der Waals surface area contributed by atoms with Gasteiger partial charge in [-0.05, 0) is 30.1 Å². The van der Waals surface area contributed by atoms with Gasteiger partial charge in [-0.1, -0.05) is 51.1 Å². The molecule has 1 N–H and O–H groups in total. The van der Waals surface area contributed by atoms with Crippen LogP contribution >= 0.6 is 0 Å². The summed E-state index contributed by atoms with van der Waals surface area (Å²) in [5.41, 5.74) is 1.25. The van der Waals surface area contributed by atoms with Crippen molar-refractivity contribution >= 4 is 8.32 Å². The van der Waals surface area contributed by atoms with E-state index in [1.165, 1.54) is 5.56 Å². The average molecular weight is 266 g/mol. The molecule has 0 heterocycles. The van der Waals surface area contributed by atoms with Gasteiger partial charge in [-0.15, -0.1) is 0 Å². The Morgan fingerprint density at radius 1 is 1.17 bits per heavy atom. The first-order valence-electron chi connectivity index (χ1n) is 6.62. The van der Waals surface area contributed by atoms with Gasteiger partial charge < -0.3 is 9.53 Å². The third-order valence-corrected chi connectivity index (χ3v) is 8.23. The maximum Gasteiger partial charge on any atom is 0.195 e. The van der Waals surface area contributed by atoms with E-state index in [-0.39, 0.29) is 5.04 Å². The Balaban J connectivity index is 2.45. The van der Waals surface area contributed by atoms with Gasteiger partial charge in [0.05, 0.1) is 0 Å². The highest BCUT2D eigenvalue weighted by Gasteiger charge is 2.38. The second-order valence-corrected chi connectivity index (χ2v) is 11.1. The Morgan fingerprint density at radius 3 is 2.22 bits per heavy atom. The lowest BCUT2D eigenvalue weighted by Crippen LogP contribution is -2.44. The molecular formula is C15H26O2Si. The summed E-state index contributed by atoms with van der Waals surface area (Å²) in [7, 11) is -1.86. The molecule has 0 aromatic heterocycles. The minimum absolute atomic E-state index is 0.140. The Hall–Kier alpha value is -0.643. The largest absolute Gasteiger partial charge is 0.392 e. The maximum atomic E-state index is 10.0. The van der Waals surface area contributed by atoms with Crippen LogP contribution in [0.4, 0.5) is 0 Å². The number of hydrogen-bond acceptors (Lipinski definition) is 2. The van der Waals surface area contributed by atoms with Gasteiger partial charge in [-0.25, -0.2) is 0 Å². The maximum absolute atomic E-state index is 10.0. The van der Waals surface area contributed by atoms with E-state index in [1.807, 2.05) is 18.2 Å². The van der Waals surface area contributed by atoms with Crippen molar-refractivity contribution in [3.63, 3.8) is 0 Å². The minimum Gasteiger partial charge on any atom is -0.392 e. The summed E-state index contributed by atoms with van der Waals surface area (Å²) in [5, 5.41) is 10.2. The molecule has 1 aromatic carbocycles. The van der Waals surface area contributed by atoms with E-state index >= 15 is 0 Å². The van der Waals surface area contributed by atoms with E-state index in [0.717, 1.165) is 6.42 Å². The van der Waals surface area contributed by atoms with Crippen LogP contribution in [-0.4, -0.2) is 19.7 Å². The van der Waals surface area contributed by atoms with Crippen molar-refractivity contribution < 1.29 is 9.53 Å². The van der Waals surface area contributed by atoms with Gasteiger partial charge in [0, 0.05) is 6.42 Å². The molecule has 0 radical (unpaired) electrons. The van der Waals surface area contributed by atoms with Gasteiger partial charge in [-0.3, -0.25) is 0 Å². The van der Waals surface area contributed by atoms with Gasteiger partial charge in [0.15, 0.2) is 8.32 Å². The van der Waals surface area contributed by atoms with Crippen LogP contribution in [0.3, 0.4) is 0 Å². The van der Waals surface area contributed by atoms with Crippen molar-refractivity contribution in [1.29, 1.82) is 0 Å². The molecule has 1 aromatic rings. The Kier molecular flexibility index (Phi) is 5.14. The van der Waals surface area contributed by atoms with Gasteiger partial charge in [0.2, 0.25) is 0 Å². The highest BCUT2D eigenvalue weighted by Crippen LogP contribution is 2.37. The summed E-state index contributed by atoms with van der Waals surface area (Å²) >= 11 is 0. The Morgan fingerprint density at radius 2 is 1.72 bits per heavy atom. The summed E-state index contributed by atoms with van der Waals surface area (Å²) in [4.78, 5) is 0. The lowest BCUT2D eigenvalue weighted by Gasteiger charge is -2.37. The minimum atomic E-state index is -1.86. The van der Waals surface area contributed by atoms with Crippen LogP contribution in [0.15, 0.2) is 30.3 Å². The quantitative estimate of drug-likeness (QED) is 0.645. The molecular weight excluding hydrogens is 240 g/mol. The van der Waals surface area contributed by atoms with Crippen LogP contribution < -0.4 is 0 Å². The molecule has 0 aliphatic rings. The zero-order valence-corrected chi connectivity index (χ0v) is 13.2. The van der Waals surface area contributed by atoms with E-state index < -0.39 is 14.6 Å². The van der Waals surface area contributed by atoms with Crippen molar-refractivity contribution in [2.24, 2.45) is 0 Å². The standard InChI is InChI=1S/C15H26O2Si/c1-15(2,3)18(4,5)17-14(16)12-11-13-9-7-6-8-10-13/h6-10,14,16H,11-12H2,1-5H3. The van der Waals surface area contributed by atoms with Crippen LogP contribution in [0.25, 0.3) is 0 Å². The van der Waals surface area contributed by atoms with Crippen LogP contribution in [0.1, 0.15) is 32.8 Å². The summed E-state index contributed by atoms with van der Waals surface area (Å²) in [6, 6.07) is 10.2. The molecule has 0 aliphatic carbocycles. The molecule has 18 heavy (non-hydrogen) atoms. The van der Waals surface area contributed by atoms with Crippen LogP contribution in [-0.2, 0) is 10.8 Å². The third kappa shape index (κ3) is 4.56. The molecule has 2 nitrogen and oxygen atoms in total. The highest BCUT2D eigenvalue weighted by molar-refractivity contribution is 6.74. The smallest absolute Gasteiger partial charge is 0.195 e. The summed E-state index contributed by atoms with van der Waals surface area (Å²) in [6.45, 7) is 10.9. The van der Waals surface area contributed by atoms with Gasteiger partial charge >= 0.3 is 0 Å². The molecule has 1 rings (SSSR count). The lowest BCUT2D eigenvalue weighted by molar-refractivity contribution is -0.0333. The number of benzene rings is 1. The Labute approximate surface area is 112 Å². The molecule has 0 aliphatic heterocycles. The lowest BCUT2D eigenvalue weighted by atomic mass is 10.1. The first-order chi connectivity index (χ1) is 8.22. The first-order valence-corrected chi connectivity index (χ1v) is 9.53. The molecule has 3 heteroatoms. The van der Waals surface area contributed by atoms with Crippen LogP contribution in [0.2, 0.25) is 18.1 Å². The average Bonchev–Trinajstić information content (AvgIpc) is 2.26. The second kappa shape index (κ2) is 6.00. The number of hydrogen-bond donors (Lipinski definition) is 1. The fraction of sp³-hybridized carbons (Fsp3) is 0.600. The molecule has 0 bridgehead atoms. The molecule has 0 fully saturated rings. The molecule has 0 spiro atoms. The van der Waals surface area contributed by atoms with Crippen molar-refractivity contribution in [2.75, 3.05) is 0 Å². The molecule has 0 amide bonds. The Bertz CT molecular complexity index is 355. The number of aliphatic hydroxyl groups excluding tert-OH is 1. The van der Waals surface area contributed by atoms with E-state index in [4.69, 9.17) is 4.43 Å². The van der Waals surface area contributed by atoms with E-state index in [1.54, 1.807) is 0 Å². The van der Waals surface area contributed by atoms with Crippen LogP contribution in [0, 0.1) is 0 Å². The number of aryl methyl sites for hydroxylation is 1. The zero-order chi connectivity index (χ0) is 13.8. The topological polar surface area (TPSA) is 29.5 Å². The van der Waals surface area contributed by atoms with Crippen molar-refractivity contribution in [1.82, 2.24) is 0 Å². The molecule has 1 unspecified atom stereocenters. The van der Waals surface area contributed by atoms with E-state index in [0.29, 0.717) is 6.42 Å². The number of rotatable bonds is 5. The van der Waals surface area contributed by atoms with Crippen molar-refractivity contribution in [3.05, 3.63) is 35.9 Å². The summed E-state index contributed by atoms with van der Waals surface area (Å²) in [5.74, 6) is 0. The van der Waals surface area contributed by atoms with Gasteiger partial charge in [-0.2, -0.15) is 0 Å². The molecule has 0 saturated carbocycles. The van der Waals surface area contributed by atoms with Crippen LogP contribution in [0.5, 0.6) is 0 Å². The third-order valence-electron chi connectivity index (χ3n) is 3.76. The predicted octanol–water partition coefficient (Wildman–Crippen LogP) is 3.96. The SMILES string of the molecule is CC(C)(C)[Si](C)(C)OC(O)CCc1ccccc1. The van der Waals surface area contributed by atoms with Gasteiger partial charge in [0.1, 0.15) is 6.29 Å². The molecule has 0 saturated heterocycles. The van der Waals surface area contributed by atoms with Gasteiger partial charge in [0.25, 0.3) is 0 Å². The number of aliphatic hydroxyl groups is 1. The predicted molar refractivity (Wildman–Crippen MR) is 79.1 cm³/mol.